The van der Waals surface area contributed by atoms with Gasteiger partial charge in [-0.05, 0) is 51.7 Å². The third-order valence-corrected chi connectivity index (χ3v) is 3.15. The molecule has 0 aromatic carbocycles. The zero-order chi connectivity index (χ0) is 15.6. The number of hydrogen-bond donors (Lipinski definition) is 0. The molecule has 0 fully saturated rings. The highest BCUT2D eigenvalue weighted by molar-refractivity contribution is 5.21. The van der Waals surface area contributed by atoms with Gasteiger partial charge in [-0.1, -0.05) is 50.2 Å². The van der Waals surface area contributed by atoms with Gasteiger partial charge >= 0.3 is 0 Å². The smallest absolute Gasteiger partial charge is 0.157 e. The molecule has 2 heteroatoms. The highest BCUT2D eigenvalue weighted by atomic mass is 16.7. The number of unbranched alkanes of at least 4 members (excludes halogenated alkanes) is 6. The average Bonchev–Trinajstić information content (AvgIpc) is 2.48. The number of ether oxygens (including phenoxy) is 2. The van der Waals surface area contributed by atoms with Crippen molar-refractivity contribution in [2.24, 2.45) is 0 Å². The Morgan fingerprint density at radius 2 is 1.52 bits per heavy atom. The van der Waals surface area contributed by atoms with Crippen LogP contribution in [0.3, 0.4) is 0 Å². The van der Waals surface area contributed by atoms with E-state index in [-0.39, 0.29) is 6.29 Å². The molecule has 0 spiro atoms. The van der Waals surface area contributed by atoms with E-state index in [1.807, 2.05) is 19.9 Å². The minimum Gasteiger partial charge on any atom is -0.353 e. The summed E-state index contributed by atoms with van der Waals surface area (Å²) in [5.74, 6) is 5.72. The molecule has 21 heavy (non-hydrogen) atoms. The van der Waals surface area contributed by atoms with Crippen LogP contribution in [-0.4, -0.2) is 19.5 Å². The van der Waals surface area contributed by atoms with Crippen molar-refractivity contribution >= 4 is 0 Å². The second-order valence-electron chi connectivity index (χ2n) is 4.93. The summed E-state index contributed by atoms with van der Waals surface area (Å²) in [5, 5.41) is 0. The molecule has 2 nitrogen and oxygen atoms in total. The van der Waals surface area contributed by atoms with E-state index in [1.165, 1.54) is 38.5 Å². The van der Waals surface area contributed by atoms with Crippen LogP contribution in [-0.2, 0) is 9.47 Å². The van der Waals surface area contributed by atoms with Gasteiger partial charge in [-0.25, -0.2) is 0 Å². The van der Waals surface area contributed by atoms with Gasteiger partial charge in [0, 0.05) is 13.2 Å². The van der Waals surface area contributed by atoms with Crippen LogP contribution in [0.4, 0.5) is 0 Å². The van der Waals surface area contributed by atoms with Crippen molar-refractivity contribution < 1.29 is 9.47 Å². The van der Waals surface area contributed by atoms with Gasteiger partial charge in [0.05, 0.1) is 0 Å². The first-order valence-electron chi connectivity index (χ1n) is 8.35. The van der Waals surface area contributed by atoms with Crippen molar-refractivity contribution in [3.05, 3.63) is 24.8 Å². The van der Waals surface area contributed by atoms with Crippen molar-refractivity contribution in [2.75, 3.05) is 13.2 Å². The minimum absolute atomic E-state index is 0.00168. The Balaban J connectivity index is 3.35. The largest absolute Gasteiger partial charge is 0.353 e. The van der Waals surface area contributed by atoms with Gasteiger partial charge in [-0.3, -0.25) is 0 Å². The molecular weight excluding hydrogens is 260 g/mol. The van der Waals surface area contributed by atoms with Gasteiger partial charge in [-0.2, -0.15) is 0 Å². The predicted octanol–water partition coefficient (Wildman–Crippen LogP) is 5.25. The fourth-order valence-corrected chi connectivity index (χ4v) is 2.12. The van der Waals surface area contributed by atoms with Crippen LogP contribution in [0, 0.1) is 11.8 Å². The number of allylic oxidation sites excluding steroid dienone is 3. The lowest BCUT2D eigenvalue weighted by molar-refractivity contribution is -0.140. The van der Waals surface area contributed by atoms with Crippen LogP contribution in [0.2, 0.25) is 0 Å². The molecule has 0 atom stereocenters. The summed E-state index contributed by atoms with van der Waals surface area (Å²) in [4.78, 5) is 0. The van der Waals surface area contributed by atoms with Gasteiger partial charge in [0.25, 0.3) is 0 Å². The van der Waals surface area contributed by atoms with Crippen LogP contribution in [0.15, 0.2) is 24.8 Å². The molecule has 0 rings (SSSR count). The van der Waals surface area contributed by atoms with Crippen LogP contribution in [0.5, 0.6) is 0 Å². The quantitative estimate of drug-likeness (QED) is 0.262. The van der Waals surface area contributed by atoms with Gasteiger partial charge in [0.1, 0.15) is 0 Å². The topological polar surface area (TPSA) is 18.5 Å². The molecule has 0 amide bonds. The maximum absolute atomic E-state index is 5.54. The van der Waals surface area contributed by atoms with E-state index in [0.717, 1.165) is 26.1 Å². The molecule has 0 aliphatic carbocycles. The molecule has 0 saturated heterocycles. The summed E-state index contributed by atoms with van der Waals surface area (Å²) >= 11 is 0. The van der Waals surface area contributed by atoms with Crippen LogP contribution in [0.25, 0.3) is 0 Å². The first kappa shape index (κ1) is 20.0. The fourth-order valence-electron chi connectivity index (χ4n) is 2.12. The third kappa shape index (κ3) is 15.2. The van der Waals surface area contributed by atoms with Gasteiger partial charge in [-0.15, -0.1) is 0 Å². The Kier molecular flexibility index (Phi) is 16.2. The first-order chi connectivity index (χ1) is 10.3. The van der Waals surface area contributed by atoms with Gasteiger partial charge < -0.3 is 9.47 Å². The molecule has 0 radical (unpaired) electrons. The van der Waals surface area contributed by atoms with Crippen molar-refractivity contribution in [3.8, 4) is 11.8 Å². The highest BCUT2D eigenvalue weighted by Gasteiger charge is 2.06. The minimum atomic E-state index is 0.00168. The second kappa shape index (κ2) is 17.0. The molecule has 0 aliphatic rings. The number of rotatable bonds is 13. The molecule has 120 valence electrons. The molecule has 0 saturated carbocycles. The summed E-state index contributed by atoms with van der Waals surface area (Å²) in [6.45, 7) is 9.05. The standard InChI is InChI=1S/C19H32O2/c1-4-7-8-9-10-11-12-13-14-15-16-17-18-19(20-5-2)21-6-3/h4,9-10,19H,1,5-6,11-18H2,2-3H3/b10-9+. The normalized spacial score (nSPS) is 10.8. The highest BCUT2D eigenvalue weighted by Crippen LogP contribution is 2.12. The molecule has 0 unspecified atom stereocenters. The fraction of sp³-hybridized carbons (Fsp3) is 0.684. The predicted molar refractivity (Wildman–Crippen MR) is 91.1 cm³/mol. The lowest BCUT2D eigenvalue weighted by Gasteiger charge is -2.16. The molecule has 0 aromatic heterocycles. The molecular formula is C19H32O2. The van der Waals surface area contributed by atoms with E-state index < -0.39 is 0 Å². The van der Waals surface area contributed by atoms with Crippen molar-refractivity contribution in [2.45, 2.75) is 71.5 Å². The maximum atomic E-state index is 5.54. The van der Waals surface area contributed by atoms with E-state index in [9.17, 15) is 0 Å². The van der Waals surface area contributed by atoms with Crippen LogP contribution >= 0.6 is 0 Å². The Morgan fingerprint density at radius 3 is 2.14 bits per heavy atom. The third-order valence-electron chi connectivity index (χ3n) is 3.15. The van der Waals surface area contributed by atoms with Gasteiger partial charge in [0.15, 0.2) is 6.29 Å². The summed E-state index contributed by atoms with van der Waals surface area (Å²) in [6, 6.07) is 0. The van der Waals surface area contributed by atoms with E-state index >= 15 is 0 Å². The molecule has 0 bridgehead atoms. The van der Waals surface area contributed by atoms with Crippen molar-refractivity contribution in [1.82, 2.24) is 0 Å². The van der Waals surface area contributed by atoms with Crippen molar-refractivity contribution in [3.63, 3.8) is 0 Å². The molecule has 0 N–H and O–H groups in total. The Morgan fingerprint density at radius 1 is 0.905 bits per heavy atom. The lowest BCUT2D eigenvalue weighted by atomic mass is 10.1. The monoisotopic (exact) mass is 292 g/mol. The summed E-state index contributed by atoms with van der Waals surface area (Å²) < 4.78 is 11.1. The lowest BCUT2D eigenvalue weighted by Crippen LogP contribution is -2.17. The zero-order valence-corrected chi connectivity index (χ0v) is 13.9. The molecule has 0 aromatic rings. The Bertz CT molecular complexity index is 303. The van der Waals surface area contributed by atoms with E-state index in [1.54, 1.807) is 6.08 Å². The van der Waals surface area contributed by atoms with E-state index in [2.05, 4.69) is 24.5 Å². The summed E-state index contributed by atoms with van der Waals surface area (Å²) in [5.41, 5.74) is 0. The summed E-state index contributed by atoms with van der Waals surface area (Å²) in [6.07, 6.45) is 15.5. The van der Waals surface area contributed by atoms with E-state index in [0.29, 0.717) is 0 Å². The van der Waals surface area contributed by atoms with Crippen molar-refractivity contribution in [1.29, 1.82) is 0 Å². The molecule has 0 heterocycles. The summed E-state index contributed by atoms with van der Waals surface area (Å²) in [7, 11) is 0. The first-order valence-corrected chi connectivity index (χ1v) is 8.35. The average molecular weight is 292 g/mol. The number of hydrogen-bond acceptors (Lipinski definition) is 2. The molecule has 0 aliphatic heterocycles. The van der Waals surface area contributed by atoms with Crippen LogP contribution in [0.1, 0.15) is 65.2 Å². The maximum Gasteiger partial charge on any atom is 0.157 e. The van der Waals surface area contributed by atoms with Crippen LogP contribution < -0.4 is 0 Å². The SMILES string of the molecule is C=CC#C/C=C/CCCCCCCCC(OCC)OCC. The van der Waals surface area contributed by atoms with Gasteiger partial charge in [0.2, 0.25) is 0 Å². The van der Waals surface area contributed by atoms with E-state index in [4.69, 9.17) is 9.47 Å². The Labute approximate surface area is 131 Å². The second-order valence-corrected chi connectivity index (χ2v) is 4.93. The zero-order valence-electron chi connectivity index (χ0n) is 13.9. The Hall–Kier alpha value is -1.04.